The summed E-state index contributed by atoms with van der Waals surface area (Å²) in [5.41, 5.74) is 4.20. The maximum Gasteiger partial charge on any atom is 0.362 e. The molecule has 4 heteroatoms. The van der Waals surface area contributed by atoms with Crippen LogP contribution in [0.15, 0.2) is 36.4 Å². The lowest BCUT2D eigenvalue weighted by molar-refractivity contribution is 0.336. The Hall–Kier alpha value is -1.81. The summed E-state index contributed by atoms with van der Waals surface area (Å²) in [6.07, 6.45) is 0. The number of fused-ring (bicyclic) bond motifs is 1. The fourth-order valence-corrected chi connectivity index (χ4v) is 2.54. The van der Waals surface area contributed by atoms with Crippen molar-refractivity contribution in [3.05, 3.63) is 53.3 Å². The maximum atomic E-state index is 13.2. The van der Waals surface area contributed by atoms with Crippen molar-refractivity contribution in [2.24, 2.45) is 0 Å². The molecule has 0 saturated carbocycles. The van der Waals surface area contributed by atoms with Crippen LogP contribution in [0.4, 0.5) is 4.39 Å². The topological polar surface area (TPSA) is 18.5 Å². The molecule has 1 heterocycles. The van der Waals surface area contributed by atoms with Gasteiger partial charge >= 0.3 is 6.92 Å². The van der Waals surface area contributed by atoms with Crippen LogP contribution in [0.3, 0.4) is 0 Å². The van der Waals surface area contributed by atoms with Crippen molar-refractivity contribution < 1.29 is 13.8 Å². The van der Waals surface area contributed by atoms with Gasteiger partial charge in [0.1, 0.15) is 11.6 Å². The van der Waals surface area contributed by atoms with E-state index in [9.17, 15) is 4.39 Å². The van der Waals surface area contributed by atoms with E-state index in [-0.39, 0.29) is 12.7 Å². The number of halogens is 1. The minimum atomic E-state index is -0.213. The highest BCUT2D eigenvalue weighted by Crippen LogP contribution is 2.16. The van der Waals surface area contributed by atoms with Crippen molar-refractivity contribution in [1.82, 2.24) is 0 Å². The molecular formula is C15H14BFO2. The van der Waals surface area contributed by atoms with Crippen molar-refractivity contribution in [3.8, 4) is 5.75 Å². The van der Waals surface area contributed by atoms with E-state index >= 15 is 0 Å². The number of rotatable bonds is 2. The van der Waals surface area contributed by atoms with Gasteiger partial charge in [0.05, 0.1) is 13.7 Å². The van der Waals surface area contributed by atoms with Crippen LogP contribution in [0.2, 0.25) is 0 Å². The molecule has 2 nitrogen and oxygen atoms in total. The highest BCUT2D eigenvalue weighted by molar-refractivity contribution is 6.81. The summed E-state index contributed by atoms with van der Waals surface area (Å²) in [7, 11) is 1.65. The molecule has 2 aromatic carbocycles. The first-order chi connectivity index (χ1) is 9.19. The first-order valence-electron chi connectivity index (χ1n) is 6.23. The zero-order valence-corrected chi connectivity index (χ0v) is 10.9. The number of hydrogen-bond donors (Lipinski definition) is 0. The van der Waals surface area contributed by atoms with Crippen LogP contribution in [0.5, 0.6) is 5.75 Å². The van der Waals surface area contributed by atoms with Crippen LogP contribution in [-0.4, -0.2) is 14.0 Å². The van der Waals surface area contributed by atoms with Gasteiger partial charge in [-0.15, -0.1) is 0 Å². The van der Waals surface area contributed by atoms with Crippen molar-refractivity contribution in [3.63, 3.8) is 0 Å². The maximum absolute atomic E-state index is 13.2. The normalized spacial score (nSPS) is 13.5. The van der Waals surface area contributed by atoms with E-state index in [1.807, 2.05) is 31.2 Å². The molecular weight excluding hydrogens is 242 g/mol. The van der Waals surface area contributed by atoms with Crippen LogP contribution in [0, 0.1) is 12.7 Å². The lowest BCUT2D eigenvalue weighted by Gasteiger charge is -2.12. The van der Waals surface area contributed by atoms with Gasteiger partial charge in [-0.3, -0.25) is 0 Å². The van der Waals surface area contributed by atoms with Gasteiger partial charge in [0, 0.05) is 0 Å². The van der Waals surface area contributed by atoms with Gasteiger partial charge in [-0.1, -0.05) is 12.1 Å². The van der Waals surface area contributed by atoms with Crippen LogP contribution in [-0.2, 0) is 11.3 Å². The Labute approximate surface area is 112 Å². The third kappa shape index (κ3) is 2.12. The zero-order valence-electron chi connectivity index (χ0n) is 10.9. The number of methoxy groups -OCH3 is 1. The first kappa shape index (κ1) is 12.2. The van der Waals surface area contributed by atoms with Crippen LogP contribution >= 0.6 is 0 Å². The molecule has 0 bridgehead atoms. The molecule has 0 radical (unpaired) electrons. The minimum Gasteiger partial charge on any atom is -0.497 e. The Morgan fingerprint density at radius 1 is 1.16 bits per heavy atom. The average Bonchev–Trinajstić information content (AvgIpc) is 2.81. The Kier molecular flexibility index (Phi) is 3.03. The third-order valence-corrected chi connectivity index (χ3v) is 3.55. The smallest absolute Gasteiger partial charge is 0.362 e. The van der Waals surface area contributed by atoms with Gasteiger partial charge in [0.2, 0.25) is 0 Å². The van der Waals surface area contributed by atoms with Gasteiger partial charge in [0.15, 0.2) is 0 Å². The van der Waals surface area contributed by atoms with E-state index in [1.54, 1.807) is 13.2 Å². The molecule has 0 atom stereocenters. The fourth-order valence-electron chi connectivity index (χ4n) is 2.54. The third-order valence-electron chi connectivity index (χ3n) is 3.55. The molecule has 0 amide bonds. The van der Waals surface area contributed by atoms with Crippen molar-refractivity contribution in [2.45, 2.75) is 13.5 Å². The predicted octanol–water partition coefficient (Wildman–Crippen LogP) is 1.78. The quantitative estimate of drug-likeness (QED) is 0.762. The van der Waals surface area contributed by atoms with Crippen molar-refractivity contribution in [2.75, 3.05) is 7.11 Å². The summed E-state index contributed by atoms with van der Waals surface area (Å²) in [6, 6.07) is 10.8. The van der Waals surface area contributed by atoms with Crippen LogP contribution < -0.4 is 15.7 Å². The Bertz CT molecular complexity index is 628. The molecule has 0 unspecified atom stereocenters. The van der Waals surface area contributed by atoms with E-state index < -0.39 is 0 Å². The molecule has 0 N–H and O–H groups in total. The molecule has 0 saturated heterocycles. The summed E-state index contributed by atoms with van der Waals surface area (Å²) >= 11 is 0. The molecule has 0 spiro atoms. The SMILES string of the molecule is COc1ccc(B2OCc3cc(F)ccc32)c(C)c1. The summed E-state index contributed by atoms with van der Waals surface area (Å²) in [6.45, 7) is 2.38. The zero-order chi connectivity index (χ0) is 13.4. The summed E-state index contributed by atoms with van der Waals surface area (Å²) < 4.78 is 24.2. The Morgan fingerprint density at radius 2 is 1.95 bits per heavy atom. The lowest BCUT2D eigenvalue weighted by Crippen LogP contribution is -2.42. The second-order valence-electron chi connectivity index (χ2n) is 4.76. The lowest BCUT2D eigenvalue weighted by atomic mass is 9.54. The van der Waals surface area contributed by atoms with Crippen molar-refractivity contribution >= 4 is 17.8 Å². The van der Waals surface area contributed by atoms with Gasteiger partial charge in [-0.25, -0.2) is 4.39 Å². The monoisotopic (exact) mass is 256 g/mol. The van der Waals surface area contributed by atoms with E-state index in [0.717, 1.165) is 27.8 Å². The Morgan fingerprint density at radius 3 is 2.68 bits per heavy atom. The number of hydrogen-bond acceptors (Lipinski definition) is 2. The molecule has 96 valence electrons. The predicted molar refractivity (Wildman–Crippen MR) is 73.9 cm³/mol. The first-order valence-corrected chi connectivity index (χ1v) is 6.23. The standard InChI is InChI=1S/C15H14BFO2/c1-10-7-13(18-2)4-6-14(10)16-15-5-3-12(17)8-11(15)9-19-16/h3-8H,9H2,1-2H3. The van der Waals surface area contributed by atoms with E-state index in [4.69, 9.17) is 9.39 Å². The highest BCUT2D eigenvalue weighted by atomic mass is 19.1. The fraction of sp³-hybridized carbons (Fsp3) is 0.200. The number of aryl methyl sites for hydroxylation is 1. The van der Waals surface area contributed by atoms with Crippen LogP contribution in [0.1, 0.15) is 11.1 Å². The van der Waals surface area contributed by atoms with E-state index in [2.05, 4.69) is 0 Å². The molecule has 0 aromatic heterocycles. The molecule has 2 aromatic rings. The van der Waals surface area contributed by atoms with Gasteiger partial charge < -0.3 is 9.39 Å². The molecule has 0 fully saturated rings. The molecule has 1 aliphatic rings. The number of ether oxygens (including phenoxy) is 1. The summed E-state index contributed by atoms with van der Waals surface area (Å²) in [5, 5.41) is 0. The Balaban J connectivity index is 2.02. The van der Waals surface area contributed by atoms with Crippen LogP contribution in [0.25, 0.3) is 0 Å². The van der Waals surface area contributed by atoms with Crippen molar-refractivity contribution in [1.29, 1.82) is 0 Å². The second kappa shape index (κ2) is 4.70. The van der Waals surface area contributed by atoms with Gasteiger partial charge in [-0.2, -0.15) is 0 Å². The van der Waals surface area contributed by atoms with E-state index in [1.165, 1.54) is 6.07 Å². The molecule has 3 rings (SSSR count). The highest BCUT2D eigenvalue weighted by Gasteiger charge is 2.31. The largest absolute Gasteiger partial charge is 0.497 e. The summed E-state index contributed by atoms with van der Waals surface area (Å²) in [4.78, 5) is 0. The van der Waals surface area contributed by atoms with Gasteiger partial charge in [0.25, 0.3) is 0 Å². The minimum absolute atomic E-state index is 0.110. The molecule has 0 aliphatic carbocycles. The average molecular weight is 256 g/mol. The second-order valence-corrected chi connectivity index (χ2v) is 4.76. The van der Waals surface area contributed by atoms with E-state index in [0.29, 0.717) is 6.61 Å². The van der Waals surface area contributed by atoms with Gasteiger partial charge in [-0.05, 0) is 53.2 Å². The summed E-state index contributed by atoms with van der Waals surface area (Å²) in [5.74, 6) is 0.619. The molecule has 1 aliphatic heterocycles. The molecule has 19 heavy (non-hydrogen) atoms. The number of benzene rings is 2.